The molecule has 1 rings (SSSR count). The average Bonchev–Trinajstić information content (AvgIpc) is 2.37. The number of nitrogens with zero attached hydrogens (tertiary/aromatic N) is 2. The van der Waals surface area contributed by atoms with Crippen LogP contribution in [-0.2, 0) is 4.79 Å². The molecule has 110 valence electrons. The molecular formula is C12H17N3O4S. The minimum absolute atomic E-state index is 0.235. The molecule has 0 spiro atoms. The molecule has 0 saturated heterocycles. The van der Waals surface area contributed by atoms with Gasteiger partial charge in [-0.25, -0.2) is 9.59 Å². The number of aliphatic carboxylic acids is 1. The van der Waals surface area contributed by atoms with Gasteiger partial charge in [-0.2, -0.15) is 4.98 Å². The number of carbonyl (C=O) groups is 2. The molecule has 0 aromatic carbocycles. The van der Waals surface area contributed by atoms with Crippen LogP contribution in [0.1, 0.15) is 29.4 Å². The zero-order chi connectivity index (χ0) is 15.4. The van der Waals surface area contributed by atoms with Crippen LogP contribution in [0.2, 0.25) is 0 Å². The molecule has 0 aliphatic carbocycles. The molecule has 1 aromatic heterocycles. The second-order valence-corrected chi connectivity index (χ2v) is 5.02. The fraction of sp³-hybridized carbons (Fsp3) is 0.500. The van der Waals surface area contributed by atoms with Gasteiger partial charge in [0.15, 0.2) is 0 Å². The summed E-state index contributed by atoms with van der Waals surface area (Å²) in [6.45, 7) is 3.28. The van der Waals surface area contributed by atoms with E-state index in [2.05, 4.69) is 9.97 Å². The molecule has 2 N–H and O–H groups in total. The predicted molar refractivity (Wildman–Crippen MR) is 75.2 cm³/mol. The molecule has 1 unspecified atom stereocenters. The van der Waals surface area contributed by atoms with Gasteiger partial charge in [0.25, 0.3) is 5.91 Å². The van der Waals surface area contributed by atoms with Crippen LogP contribution >= 0.6 is 11.8 Å². The van der Waals surface area contributed by atoms with Crippen molar-refractivity contribution in [3.05, 3.63) is 21.7 Å². The molecule has 7 nitrogen and oxygen atoms in total. The van der Waals surface area contributed by atoms with Gasteiger partial charge in [0.2, 0.25) is 0 Å². The number of carboxylic acid groups (broad SMARTS) is 1. The van der Waals surface area contributed by atoms with Crippen molar-refractivity contribution in [3.63, 3.8) is 0 Å². The summed E-state index contributed by atoms with van der Waals surface area (Å²) in [7, 11) is 1.43. The van der Waals surface area contributed by atoms with Gasteiger partial charge in [0, 0.05) is 12.7 Å². The fourth-order valence-corrected chi connectivity index (χ4v) is 2.51. The number of aromatic amines is 1. The van der Waals surface area contributed by atoms with Crippen molar-refractivity contribution in [1.29, 1.82) is 0 Å². The van der Waals surface area contributed by atoms with Crippen LogP contribution in [0.3, 0.4) is 0 Å². The van der Waals surface area contributed by atoms with Gasteiger partial charge in [-0.3, -0.25) is 4.79 Å². The molecule has 1 heterocycles. The number of nitrogens with one attached hydrogen (secondary N) is 1. The molecular weight excluding hydrogens is 282 g/mol. The number of hydrogen-bond acceptors (Lipinski definition) is 5. The zero-order valence-electron chi connectivity index (χ0n) is 11.8. The Labute approximate surface area is 120 Å². The van der Waals surface area contributed by atoms with Crippen molar-refractivity contribution in [2.75, 3.05) is 13.3 Å². The minimum Gasteiger partial charge on any atom is -0.480 e. The summed E-state index contributed by atoms with van der Waals surface area (Å²) in [5.74, 6) is -1.53. The quantitative estimate of drug-likeness (QED) is 0.614. The molecule has 1 amide bonds. The molecule has 0 radical (unpaired) electrons. The lowest BCUT2D eigenvalue weighted by Crippen LogP contribution is -2.42. The summed E-state index contributed by atoms with van der Waals surface area (Å²) in [5.41, 5.74) is 0.0853. The largest absolute Gasteiger partial charge is 0.480 e. The van der Waals surface area contributed by atoms with Crippen LogP contribution in [0, 0.1) is 6.92 Å². The first-order chi connectivity index (χ1) is 9.33. The first-order valence-corrected chi connectivity index (χ1v) is 7.20. The van der Waals surface area contributed by atoms with Crippen LogP contribution in [0.4, 0.5) is 0 Å². The molecule has 0 bridgehead atoms. The summed E-state index contributed by atoms with van der Waals surface area (Å²) >= 11 is 1.17. The van der Waals surface area contributed by atoms with E-state index in [4.69, 9.17) is 5.11 Å². The third kappa shape index (κ3) is 3.19. The van der Waals surface area contributed by atoms with Crippen molar-refractivity contribution in [1.82, 2.24) is 14.9 Å². The number of amides is 1. The second-order valence-electron chi connectivity index (χ2n) is 4.23. The SMILES string of the molecule is CCC(C(=O)O)N(C)C(=O)c1c(SC)nc(=O)[nH]c1C. The van der Waals surface area contributed by atoms with Gasteiger partial charge in [-0.1, -0.05) is 6.92 Å². The first kappa shape index (κ1) is 16.2. The number of rotatable bonds is 5. The number of carboxylic acids is 1. The van der Waals surface area contributed by atoms with Gasteiger partial charge in [-0.15, -0.1) is 11.8 Å². The Morgan fingerprint density at radius 2 is 2.10 bits per heavy atom. The van der Waals surface area contributed by atoms with Crippen LogP contribution < -0.4 is 5.69 Å². The lowest BCUT2D eigenvalue weighted by Gasteiger charge is -2.24. The summed E-state index contributed by atoms with van der Waals surface area (Å²) in [6.07, 6.45) is 1.99. The van der Waals surface area contributed by atoms with Crippen molar-refractivity contribution >= 4 is 23.6 Å². The number of H-pyrrole nitrogens is 1. The van der Waals surface area contributed by atoms with E-state index in [-0.39, 0.29) is 5.56 Å². The maximum absolute atomic E-state index is 12.4. The predicted octanol–water partition coefficient (Wildman–Crippen LogP) is 0.735. The number of hydrogen-bond donors (Lipinski definition) is 2. The Hall–Kier alpha value is -1.83. The lowest BCUT2D eigenvalue weighted by molar-refractivity contribution is -0.142. The summed E-state index contributed by atoms with van der Waals surface area (Å²) < 4.78 is 0. The lowest BCUT2D eigenvalue weighted by atomic mass is 10.1. The van der Waals surface area contributed by atoms with Gasteiger partial charge in [0.1, 0.15) is 11.1 Å². The smallest absolute Gasteiger partial charge is 0.346 e. The number of aryl methyl sites for hydroxylation is 1. The molecule has 8 heteroatoms. The van der Waals surface area contributed by atoms with Crippen LogP contribution in [0.25, 0.3) is 0 Å². The number of likely N-dealkylation sites (N-methyl/N-ethyl adjacent to an activating group) is 1. The highest BCUT2D eigenvalue weighted by Crippen LogP contribution is 2.20. The molecule has 0 saturated carbocycles. The second kappa shape index (κ2) is 6.56. The number of aromatic nitrogens is 2. The Balaban J connectivity index is 3.27. The highest BCUT2D eigenvalue weighted by molar-refractivity contribution is 7.98. The van der Waals surface area contributed by atoms with E-state index >= 15 is 0 Å². The van der Waals surface area contributed by atoms with Crippen LogP contribution in [-0.4, -0.2) is 51.2 Å². The fourth-order valence-electron chi connectivity index (χ4n) is 1.89. The highest BCUT2D eigenvalue weighted by atomic mass is 32.2. The number of carbonyl (C=O) groups excluding carboxylic acids is 1. The van der Waals surface area contributed by atoms with Gasteiger partial charge in [-0.05, 0) is 19.6 Å². The average molecular weight is 299 g/mol. The molecule has 1 atom stereocenters. The van der Waals surface area contributed by atoms with E-state index in [1.165, 1.54) is 18.8 Å². The first-order valence-electron chi connectivity index (χ1n) is 5.98. The van der Waals surface area contributed by atoms with Crippen molar-refractivity contribution in [2.45, 2.75) is 31.3 Å². The molecule has 0 aliphatic rings. The molecule has 0 aliphatic heterocycles. The van der Waals surface area contributed by atoms with E-state index in [9.17, 15) is 14.4 Å². The summed E-state index contributed by atoms with van der Waals surface area (Å²) in [5, 5.41) is 9.40. The van der Waals surface area contributed by atoms with Crippen LogP contribution in [0.5, 0.6) is 0 Å². The van der Waals surface area contributed by atoms with Gasteiger partial charge >= 0.3 is 11.7 Å². The zero-order valence-corrected chi connectivity index (χ0v) is 12.6. The monoisotopic (exact) mass is 299 g/mol. The van der Waals surface area contributed by atoms with E-state index in [1.54, 1.807) is 20.1 Å². The van der Waals surface area contributed by atoms with Gasteiger partial charge < -0.3 is 15.0 Å². The van der Waals surface area contributed by atoms with Crippen molar-refractivity contribution in [2.24, 2.45) is 0 Å². The molecule has 20 heavy (non-hydrogen) atoms. The summed E-state index contributed by atoms with van der Waals surface area (Å²) in [4.78, 5) is 42.3. The summed E-state index contributed by atoms with van der Waals surface area (Å²) in [6, 6.07) is -0.913. The maximum Gasteiger partial charge on any atom is 0.346 e. The van der Waals surface area contributed by atoms with Crippen LogP contribution in [0.15, 0.2) is 9.82 Å². The normalized spacial score (nSPS) is 12.0. The minimum atomic E-state index is -1.07. The standard InChI is InChI=1S/C12H17N3O4S/c1-5-7(11(17)18)15(3)10(16)8-6(2)13-12(19)14-9(8)20-4/h7H,5H2,1-4H3,(H,17,18)(H,13,14,19). The van der Waals surface area contributed by atoms with E-state index in [0.717, 1.165) is 4.90 Å². The highest BCUT2D eigenvalue weighted by Gasteiger charge is 2.28. The number of thioether (sulfide) groups is 1. The topological polar surface area (TPSA) is 103 Å². The third-order valence-corrected chi connectivity index (χ3v) is 3.64. The van der Waals surface area contributed by atoms with E-state index < -0.39 is 23.6 Å². The Bertz CT molecular complexity index is 585. The van der Waals surface area contributed by atoms with Crippen molar-refractivity contribution in [3.8, 4) is 0 Å². The maximum atomic E-state index is 12.4. The Morgan fingerprint density at radius 3 is 2.55 bits per heavy atom. The van der Waals surface area contributed by atoms with Gasteiger partial charge in [0.05, 0.1) is 5.56 Å². The van der Waals surface area contributed by atoms with E-state index in [1.807, 2.05) is 0 Å². The molecule has 0 fully saturated rings. The third-order valence-electron chi connectivity index (χ3n) is 2.95. The Kier molecular flexibility index (Phi) is 5.32. The molecule has 1 aromatic rings. The van der Waals surface area contributed by atoms with Crippen molar-refractivity contribution < 1.29 is 14.7 Å². The Morgan fingerprint density at radius 1 is 1.50 bits per heavy atom. The van der Waals surface area contributed by atoms with E-state index in [0.29, 0.717) is 17.1 Å².